The molecule has 0 aliphatic carbocycles. The van der Waals surface area contributed by atoms with E-state index in [1.807, 2.05) is 30.3 Å². The van der Waals surface area contributed by atoms with Crippen LogP contribution in [0.4, 0.5) is 0 Å². The Hall–Kier alpha value is -1.43. The minimum atomic E-state index is -0.718. The molecule has 5 nitrogen and oxygen atoms in total. The number of ether oxygens (including phenoxy) is 1. The van der Waals surface area contributed by atoms with E-state index in [4.69, 9.17) is 10.5 Å². The quantitative estimate of drug-likeness (QED) is 0.711. The molecule has 0 radical (unpaired) electrons. The van der Waals surface area contributed by atoms with E-state index in [2.05, 4.69) is 5.32 Å². The lowest BCUT2D eigenvalue weighted by Gasteiger charge is -2.28. The first-order valence-electron chi connectivity index (χ1n) is 6.85. The molecule has 110 valence electrons. The lowest BCUT2D eigenvalue weighted by molar-refractivity contribution is -0.131. The number of carbonyl (C=O) groups is 1. The van der Waals surface area contributed by atoms with Gasteiger partial charge in [-0.15, -0.1) is 0 Å². The third kappa shape index (κ3) is 3.17. The van der Waals surface area contributed by atoms with E-state index in [0.29, 0.717) is 19.6 Å². The van der Waals surface area contributed by atoms with Crippen LogP contribution in [-0.2, 0) is 16.0 Å². The molecule has 1 fully saturated rings. The van der Waals surface area contributed by atoms with E-state index in [1.165, 1.54) is 0 Å². The van der Waals surface area contributed by atoms with Gasteiger partial charge in [0.15, 0.2) is 0 Å². The fourth-order valence-electron chi connectivity index (χ4n) is 2.33. The Morgan fingerprint density at radius 2 is 2.25 bits per heavy atom. The molecule has 2 unspecified atom stereocenters. The lowest BCUT2D eigenvalue weighted by atomic mass is 9.84. The van der Waals surface area contributed by atoms with Crippen LogP contribution < -0.4 is 11.1 Å². The van der Waals surface area contributed by atoms with Crippen LogP contribution in [0.2, 0.25) is 0 Å². The molecule has 1 aliphatic heterocycles. The molecule has 1 aromatic carbocycles. The number of aliphatic hydroxyl groups is 1. The maximum atomic E-state index is 12.4. The van der Waals surface area contributed by atoms with E-state index in [0.717, 1.165) is 5.56 Å². The largest absolute Gasteiger partial charge is 0.394 e. The van der Waals surface area contributed by atoms with Crippen LogP contribution >= 0.6 is 0 Å². The lowest BCUT2D eigenvalue weighted by Crippen LogP contribution is -2.53. The SMILES string of the molecule is CC1(C(=O)N[C@@H](CO)Cc2ccccc2)COCC1N. The number of nitrogens with one attached hydrogen (secondary N) is 1. The number of hydrogen-bond donors (Lipinski definition) is 3. The standard InChI is InChI=1S/C15H22N2O3/c1-15(10-20-9-13(15)16)14(19)17-12(8-18)7-11-5-3-2-4-6-11/h2-6,12-13,18H,7-10,16H2,1H3,(H,17,19)/t12-,13?,15?/m1/s1. The topological polar surface area (TPSA) is 84.6 Å². The van der Waals surface area contributed by atoms with Crippen LogP contribution in [0.25, 0.3) is 0 Å². The zero-order chi connectivity index (χ0) is 14.6. The average Bonchev–Trinajstić information content (AvgIpc) is 2.80. The third-order valence-electron chi connectivity index (χ3n) is 3.92. The Morgan fingerprint density at radius 3 is 2.80 bits per heavy atom. The van der Waals surface area contributed by atoms with Crippen molar-refractivity contribution in [2.45, 2.75) is 25.4 Å². The second kappa shape index (κ2) is 6.35. The van der Waals surface area contributed by atoms with Gasteiger partial charge in [0.2, 0.25) is 5.91 Å². The minimum absolute atomic E-state index is 0.104. The van der Waals surface area contributed by atoms with Gasteiger partial charge in [0, 0.05) is 6.04 Å². The zero-order valence-electron chi connectivity index (χ0n) is 11.7. The van der Waals surface area contributed by atoms with Gasteiger partial charge in [-0.2, -0.15) is 0 Å². The van der Waals surface area contributed by atoms with E-state index in [9.17, 15) is 9.90 Å². The van der Waals surface area contributed by atoms with Gasteiger partial charge in [-0.3, -0.25) is 4.79 Å². The second-order valence-electron chi connectivity index (χ2n) is 5.58. The summed E-state index contributed by atoms with van der Waals surface area (Å²) >= 11 is 0. The molecule has 20 heavy (non-hydrogen) atoms. The minimum Gasteiger partial charge on any atom is -0.394 e. The summed E-state index contributed by atoms with van der Waals surface area (Å²) in [5.41, 5.74) is 6.29. The first-order valence-corrected chi connectivity index (χ1v) is 6.85. The van der Waals surface area contributed by atoms with Crippen LogP contribution in [0, 0.1) is 5.41 Å². The average molecular weight is 278 g/mol. The number of rotatable bonds is 5. The van der Waals surface area contributed by atoms with Gasteiger partial charge < -0.3 is 20.9 Å². The molecular weight excluding hydrogens is 256 g/mol. The summed E-state index contributed by atoms with van der Waals surface area (Å²) in [4.78, 5) is 12.4. The maximum absolute atomic E-state index is 12.4. The Labute approximate surface area is 119 Å². The first-order chi connectivity index (χ1) is 9.56. The molecule has 5 heteroatoms. The van der Waals surface area contributed by atoms with E-state index in [-0.39, 0.29) is 24.6 Å². The molecule has 3 atom stereocenters. The van der Waals surface area contributed by atoms with E-state index < -0.39 is 5.41 Å². The maximum Gasteiger partial charge on any atom is 0.230 e. The molecule has 1 heterocycles. The molecule has 0 aromatic heterocycles. The second-order valence-corrected chi connectivity index (χ2v) is 5.58. The molecule has 0 spiro atoms. The van der Waals surface area contributed by atoms with Crippen molar-refractivity contribution in [3.63, 3.8) is 0 Å². The summed E-state index contributed by atoms with van der Waals surface area (Å²) in [6.07, 6.45) is 0.593. The fourth-order valence-corrected chi connectivity index (χ4v) is 2.33. The van der Waals surface area contributed by atoms with Crippen molar-refractivity contribution < 1.29 is 14.6 Å². The Kier molecular flexibility index (Phi) is 4.75. The summed E-state index contributed by atoms with van der Waals surface area (Å²) in [7, 11) is 0. The van der Waals surface area contributed by atoms with Gasteiger partial charge in [0.25, 0.3) is 0 Å². The van der Waals surface area contributed by atoms with Crippen molar-refractivity contribution in [3.8, 4) is 0 Å². The number of nitrogens with two attached hydrogens (primary N) is 1. The van der Waals surface area contributed by atoms with Crippen LogP contribution in [0.3, 0.4) is 0 Å². The van der Waals surface area contributed by atoms with E-state index >= 15 is 0 Å². The smallest absolute Gasteiger partial charge is 0.230 e. The van der Waals surface area contributed by atoms with Gasteiger partial charge in [-0.1, -0.05) is 30.3 Å². The highest BCUT2D eigenvalue weighted by molar-refractivity contribution is 5.83. The van der Waals surface area contributed by atoms with Crippen LogP contribution in [0.1, 0.15) is 12.5 Å². The van der Waals surface area contributed by atoms with Crippen LogP contribution in [-0.4, -0.2) is 42.9 Å². The summed E-state index contributed by atoms with van der Waals surface area (Å²) in [5, 5.41) is 12.3. The molecule has 2 rings (SSSR count). The number of benzene rings is 1. The van der Waals surface area contributed by atoms with Crippen molar-refractivity contribution in [1.29, 1.82) is 0 Å². The summed E-state index contributed by atoms with van der Waals surface area (Å²) < 4.78 is 5.28. The van der Waals surface area contributed by atoms with Gasteiger partial charge in [0.1, 0.15) is 0 Å². The summed E-state index contributed by atoms with van der Waals surface area (Å²) in [5.74, 6) is -0.155. The van der Waals surface area contributed by atoms with Crippen molar-refractivity contribution in [3.05, 3.63) is 35.9 Å². The number of aliphatic hydroxyl groups excluding tert-OH is 1. The first kappa shape index (κ1) is 15.0. The van der Waals surface area contributed by atoms with E-state index in [1.54, 1.807) is 6.92 Å². The predicted molar refractivity (Wildman–Crippen MR) is 76.1 cm³/mol. The highest BCUT2D eigenvalue weighted by Gasteiger charge is 2.44. The molecule has 1 amide bonds. The molecule has 1 aromatic rings. The summed E-state index contributed by atoms with van der Waals surface area (Å²) in [6.45, 7) is 2.42. The van der Waals surface area contributed by atoms with Crippen molar-refractivity contribution in [2.75, 3.05) is 19.8 Å². The van der Waals surface area contributed by atoms with Crippen molar-refractivity contribution in [2.24, 2.45) is 11.1 Å². The summed E-state index contributed by atoms with van der Waals surface area (Å²) in [6, 6.07) is 9.14. The fraction of sp³-hybridized carbons (Fsp3) is 0.533. The van der Waals surface area contributed by atoms with Gasteiger partial charge in [-0.05, 0) is 18.9 Å². The third-order valence-corrected chi connectivity index (χ3v) is 3.92. The normalized spacial score (nSPS) is 27.2. The predicted octanol–water partition coefficient (Wildman–Crippen LogP) is 0.0700. The number of hydrogen-bond acceptors (Lipinski definition) is 4. The Bertz CT molecular complexity index is 452. The molecule has 4 N–H and O–H groups in total. The van der Waals surface area contributed by atoms with Crippen LogP contribution in [0.5, 0.6) is 0 Å². The monoisotopic (exact) mass is 278 g/mol. The van der Waals surface area contributed by atoms with Crippen LogP contribution in [0.15, 0.2) is 30.3 Å². The van der Waals surface area contributed by atoms with Crippen molar-refractivity contribution >= 4 is 5.91 Å². The molecule has 1 aliphatic rings. The Morgan fingerprint density at radius 1 is 1.55 bits per heavy atom. The molecule has 1 saturated heterocycles. The molecular formula is C15H22N2O3. The molecule has 0 bridgehead atoms. The highest BCUT2D eigenvalue weighted by Crippen LogP contribution is 2.27. The molecule has 0 saturated carbocycles. The highest BCUT2D eigenvalue weighted by atomic mass is 16.5. The van der Waals surface area contributed by atoms with Crippen molar-refractivity contribution in [1.82, 2.24) is 5.32 Å². The van der Waals surface area contributed by atoms with Gasteiger partial charge in [0.05, 0.1) is 31.3 Å². The van der Waals surface area contributed by atoms with Gasteiger partial charge >= 0.3 is 0 Å². The zero-order valence-corrected chi connectivity index (χ0v) is 11.7. The number of amides is 1. The van der Waals surface area contributed by atoms with Gasteiger partial charge in [-0.25, -0.2) is 0 Å². The Balaban J connectivity index is 1.98. The number of carbonyl (C=O) groups excluding carboxylic acids is 1.